The molecule has 0 aliphatic carbocycles. The molecule has 0 amide bonds. The molecule has 2 aromatic rings. The fourth-order valence-electron chi connectivity index (χ4n) is 3.19. The highest BCUT2D eigenvalue weighted by atomic mass is 79.9. The van der Waals surface area contributed by atoms with Crippen molar-refractivity contribution >= 4 is 27.7 Å². The lowest BCUT2D eigenvalue weighted by molar-refractivity contribution is 0.240. The van der Waals surface area contributed by atoms with Crippen molar-refractivity contribution in [3.8, 4) is 0 Å². The van der Waals surface area contributed by atoms with E-state index in [2.05, 4.69) is 80.9 Å². The van der Waals surface area contributed by atoms with Crippen LogP contribution < -0.4 is 5.32 Å². The molecule has 1 fully saturated rings. The number of halogens is 1. The minimum Gasteiger partial charge on any atom is -0.315 e. The van der Waals surface area contributed by atoms with E-state index in [1.165, 1.54) is 26.9 Å². The summed E-state index contributed by atoms with van der Waals surface area (Å²) in [6.45, 7) is 4.38. The first-order valence-electron chi connectivity index (χ1n) is 8.13. The molecule has 1 aliphatic rings. The molecular formula is C19H23BrN2S. The standard InChI is InChI=1S/C19H23BrN2S/c1-23-16-9-7-15(8-10-16)19(17-5-2-3-6-18(17)20)22-13-4-11-21-12-14-22/h2-3,5-10,19,21H,4,11-14H2,1H3. The van der Waals surface area contributed by atoms with Gasteiger partial charge in [0.2, 0.25) is 0 Å². The van der Waals surface area contributed by atoms with E-state index in [0.717, 1.165) is 26.2 Å². The molecular weight excluding hydrogens is 368 g/mol. The average molecular weight is 391 g/mol. The van der Waals surface area contributed by atoms with E-state index in [0.29, 0.717) is 6.04 Å². The minimum absolute atomic E-state index is 0.307. The molecule has 0 aromatic heterocycles. The molecule has 122 valence electrons. The molecule has 0 bridgehead atoms. The Kier molecular flexibility index (Phi) is 6.17. The van der Waals surface area contributed by atoms with Crippen molar-refractivity contribution in [2.24, 2.45) is 0 Å². The first-order chi connectivity index (χ1) is 11.3. The summed E-state index contributed by atoms with van der Waals surface area (Å²) in [4.78, 5) is 3.92. The summed E-state index contributed by atoms with van der Waals surface area (Å²) >= 11 is 5.56. The first kappa shape index (κ1) is 17.0. The van der Waals surface area contributed by atoms with E-state index in [4.69, 9.17) is 0 Å². The largest absolute Gasteiger partial charge is 0.315 e. The van der Waals surface area contributed by atoms with Crippen LogP contribution in [-0.2, 0) is 0 Å². The van der Waals surface area contributed by atoms with Crippen molar-refractivity contribution in [1.29, 1.82) is 0 Å². The highest BCUT2D eigenvalue weighted by Gasteiger charge is 2.24. The summed E-state index contributed by atoms with van der Waals surface area (Å²) in [7, 11) is 0. The zero-order valence-electron chi connectivity index (χ0n) is 13.5. The molecule has 1 atom stereocenters. The van der Waals surface area contributed by atoms with Crippen LogP contribution in [0.25, 0.3) is 0 Å². The second kappa shape index (κ2) is 8.34. The number of hydrogen-bond acceptors (Lipinski definition) is 3. The van der Waals surface area contributed by atoms with Gasteiger partial charge in [0.25, 0.3) is 0 Å². The number of benzene rings is 2. The van der Waals surface area contributed by atoms with E-state index in [1.54, 1.807) is 11.8 Å². The van der Waals surface area contributed by atoms with Gasteiger partial charge in [0.15, 0.2) is 0 Å². The van der Waals surface area contributed by atoms with Gasteiger partial charge in [-0.15, -0.1) is 11.8 Å². The van der Waals surface area contributed by atoms with Crippen LogP contribution in [0.5, 0.6) is 0 Å². The predicted molar refractivity (Wildman–Crippen MR) is 103 cm³/mol. The van der Waals surface area contributed by atoms with Gasteiger partial charge in [0.1, 0.15) is 0 Å². The molecule has 4 heteroatoms. The number of nitrogens with one attached hydrogen (secondary N) is 1. The van der Waals surface area contributed by atoms with Crippen molar-refractivity contribution in [3.05, 3.63) is 64.1 Å². The van der Waals surface area contributed by atoms with Gasteiger partial charge < -0.3 is 5.32 Å². The second-order valence-electron chi connectivity index (χ2n) is 5.84. The van der Waals surface area contributed by atoms with Gasteiger partial charge in [-0.3, -0.25) is 4.90 Å². The molecule has 1 saturated heterocycles. The summed E-state index contributed by atoms with van der Waals surface area (Å²) in [6.07, 6.45) is 3.32. The number of rotatable bonds is 4. The Bertz CT molecular complexity index is 622. The fraction of sp³-hybridized carbons (Fsp3) is 0.368. The molecule has 0 radical (unpaired) electrons. The Balaban J connectivity index is 1.99. The molecule has 1 aliphatic heterocycles. The monoisotopic (exact) mass is 390 g/mol. The zero-order chi connectivity index (χ0) is 16.1. The normalized spacial score (nSPS) is 17.7. The third kappa shape index (κ3) is 4.18. The average Bonchev–Trinajstić information content (AvgIpc) is 2.87. The molecule has 23 heavy (non-hydrogen) atoms. The third-order valence-electron chi connectivity index (χ3n) is 4.37. The zero-order valence-corrected chi connectivity index (χ0v) is 15.9. The van der Waals surface area contributed by atoms with Crippen LogP contribution in [0.15, 0.2) is 57.9 Å². The predicted octanol–water partition coefficient (Wildman–Crippen LogP) is 4.56. The second-order valence-corrected chi connectivity index (χ2v) is 7.57. The maximum Gasteiger partial charge on any atom is 0.0613 e. The van der Waals surface area contributed by atoms with Crippen LogP contribution in [-0.4, -0.2) is 37.3 Å². The lowest BCUT2D eigenvalue weighted by Crippen LogP contribution is -2.33. The first-order valence-corrected chi connectivity index (χ1v) is 10.1. The Hall–Kier alpha value is -0.810. The SMILES string of the molecule is CSc1ccc(C(c2ccccc2Br)N2CCCNCC2)cc1. The van der Waals surface area contributed by atoms with Crippen molar-refractivity contribution in [2.45, 2.75) is 17.4 Å². The fourth-order valence-corrected chi connectivity index (χ4v) is 4.10. The van der Waals surface area contributed by atoms with Crippen molar-refractivity contribution in [1.82, 2.24) is 10.2 Å². The van der Waals surface area contributed by atoms with Gasteiger partial charge in [-0.1, -0.05) is 46.3 Å². The van der Waals surface area contributed by atoms with E-state index in [9.17, 15) is 0 Å². The van der Waals surface area contributed by atoms with Crippen molar-refractivity contribution in [3.63, 3.8) is 0 Å². The Labute approximate surface area is 151 Å². The summed E-state index contributed by atoms with van der Waals surface area (Å²) < 4.78 is 1.19. The highest BCUT2D eigenvalue weighted by Crippen LogP contribution is 2.34. The maximum absolute atomic E-state index is 3.76. The smallest absolute Gasteiger partial charge is 0.0613 e. The number of thioether (sulfide) groups is 1. The van der Waals surface area contributed by atoms with E-state index in [-0.39, 0.29) is 0 Å². The molecule has 1 unspecified atom stereocenters. The molecule has 1 N–H and O–H groups in total. The van der Waals surface area contributed by atoms with Crippen LogP contribution in [0.3, 0.4) is 0 Å². The summed E-state index contributed by atoms with van der Waals surface area (Å²) in [5, 5.41) is 3.51. The summed E-state index contributed by atoms with van der Waals surface area (Å²) in [5.74, 6) is 0. The van der Waals surface area contributed by atoms with Gasteiger partial charge in [-0.2, -0.15) is 0 Å². The molecule has 2 nitrogen and oxygen atoms in total. The van der Waals surface area contributed by atoms with Crippen molar-refractivity contribution < 1.29 is 0 Å². The molecule has 1 heterocycles. The van der Waals surface area contributed by atoms with Gasteiger partial charge in [0.05, 0.1) is 6.04 Å². The van der Waals surface area contributed by atoms with Crippen LogP contribution in [0.4, 0.5) is 0 Å². The molecule has 3 rings (SSSR count). The van der Waals surface area contributed by atoms with Gasteiger partial charge >= 0.3 is 0 Å². The van der Waals surface area contributed by atoms with Gasteiger partial charge in [0, 0.05) is 29.0 Å². The number of nitrogens with zero attached hydrogens (tertiary/aromatic N) is 1. The Morgan fingerprint density at radius 3 is 2.57 bits per heavy atom. The Morgan fingerprint density at radius 1 is 1.04 bits per heavy atom. The van der Waals surface area contributed by atoms with Crippen LogP contribution in [0.1, 0.15) is 23.6 Å². The van der Waals surface area contributed by atoms with Crippen LogP contribution in [0, 0.1) is 0 Å². The molecule has 0 saturated carbocycles. The van der Waals surface area contributed by atoms with Crippen LogP contribution in [0.2, 0.25) is 0 Å². The van der Waals surface area contributed by atoms with E-state index in [1.807, 2.05) is 0 Å². The van der Waals surface area contributed by atoms with Crippen molar-refractivity contribution in [2.75, 3.05) is 32.4 Å². The highest BCUT2D eigenvalue weighted by molar-refractivity contribution is 9.10. The van der Waals surface area contributed by atoms with Crippen LogP contribution >= 0.6 is 27.7 Å². The lowest BCUT2D eigenvalue weighted by atomic mass is 9.97. The van der Waals surface area contributed by atoms with Gasteiger partial charge in [-0.05, 0) is 48.5 Å². The Morgan fingerprint density at radius 2 is 1.83 bits per heavy atom. The van der Waals surface area contributed by atoms with Gasteiger partial charge in [-0.25, -0.2) is 0 Å². The maximum atomic E-state index is 3.76. The molecule has 0 spiro atoms. The topological polar surface area (TPSA) is 15.3 Å². The lowest BCUT2D eigenvalue weighted by Gasteiger charge is -2.32. The minimum atomic E-state index is 0.307. The summed E-state index contributed by atoms with van der Waals surface area (Å²) in [6, 6.07) is 18.0. The number of hydrogen-bond donors (Lipinski definition) is 1. The molecule has 2 aromatic carbocycles. The third-order valence-corrected chi connectivity index (χ3v) is 5.84. The quantitative estimate of drug-likeness (QED) is 0.770. The summed E-state index contributed by atoms with van der Waals surface area (Å²) in [5.41, 5.74) is 2.72. The van der Waals surface area contributed by atoms with E-state index < -0.39 is 0 Å². The van der Waals surface area contributed by atoms with E-state index >= 15 is 0 Å².